The highest BCUT2D eigenvalue weighted by Crippen LogP contribution is 2.15. The largest absolute Gasteiger partial charge is 0.345 e. The molecule has 1 aromatic rings. The first-order valence-corrected chi connectivity index (χ1v) is 3.85. The fourth-order valence-electron chi connectivity index (χ4n) is 1.30. The van der Waals surface area contributed by atoms with Gasteiger partial charge in [-0.2, -0.15) is 0 Å². The molecule has 3 nitrogen and oxygen atoms in total. The van der Waals surface area contributed by atoms with Gasteiger partial charge in [0.15, 0.2) is 0 Å². The first kappa shape index (κ1) is 9.29. The summed E-state index contributed by atoms with van der Waals surface area (Å²) in [6.07, 6.45) is 6.90. The minimum absolute atomic E-state index is 0. The SMILES string of the molecule is C1=C(c2cnc[nH]2)CCNC1.Cl. The van der Waals surface area contributed by atoms with Crippen LogP contribution in [0.5, 0.6) is 0 Å². The van der Waals surface area contributed by atoms with E-state index in [4.69, 9.17) is 0 Å². The monoisotopic (exact) mass is 185 g/mol. The van der Waals surface area contributed by atoms with Gasteiger partial charge in [0.1, 0.15) is 0 Å². The van der Waals surface area contributed by atoms with Crippen LogP contribution < -0.4 is 5.32 Å². The number of nitrogens with zero attached hydrogens (tertiary/aromatic N) is 1. The molecule has 0 saturated carbocycles. The lowest BCUT2D eigenvalue weighted by Gasteiger charge is -2.11. The van der Waals surface area contributed by atoms with Gasteiger partial charge in [-0.15, -0.1) is 12.4 Å². The maximum absolute atomic E-state index is 3.98. The van der Waals surface area contributed by atoms with E-state index in [0.29, 0.717) is 0 Å². The summed E-state index contributed by atoms with van der Waals surface area (Å²) in [7, 11) is 0. The molecular weight excluding hydrogens is 174 g/mol. The summed E-state index contributed by atoms with van der Waals surface area (Å²) in [5.41, 5.74) is 2.53. The molecule has 0 fully saturated rings. The summed E-state index contributed by atoms with van der Waals surface area (Å²) in [6, 6.07) is 0. The molecular formula is C8H12ClN3. The van der Waals surface area contributed by atoms with Crippen molar-refractivity contribution in [2.45, 2.75) is 6.42 Å². The molecule has 0 spiro atoms. The molecule has 0 saturated heterocycles. The second-order valence-electron chi connectivity index (χ2n) is 2.65. The van der Waals surface area contributed by atoms with Crippen LogP contribution >= 0.6 is 12.4 Å². The van der Waals surface area contributed by atoms with Crippen molar-refractivity contribution in [3.05, 3.63) is 24.3 Å². The Labute approximate surface area is 77.7 Å². The first-order chi connectivity index (χ1) is 5.47. The van der Waals surface area contributed by atoms with Crippen molar-refractivity contribution in [1.29, 1.82) is 0 Å². The van der Waals surface area contributed by atoms with Crippen molar-refractivity contribution in [3.63, 3.8) is 0 Å². The molecule has 0 atom stereocenters. The predicted octanol–water partition coefficient (Wildman–Crippen LogP) is 1.21. The van der Waals surface area contributed by atoms with Crippen LogP contribution in [0.25, 0.3) is 5.57 Å². The number of H-pyrrole nitrogens is 1. The number of aromatic nitrogens is 2. The molecule has 0 amide bonds. The summed E-state index contributed by atoms with van der Waals surface area (Å²) in [6.45, 7) is 2.05. The van der Waals surface area contributed by atoms with Gasteiger partial charge in [0, 0.05) is 6.54 Å². The Morgan fingerprint density at radius 1 is 1.42 bits per heavy atom. The molecule has 12 heavy (non-hydrogen) atoms. The van der Waals surface area contributed by atoms with Gasteiger partial charge in [-0.1, -0.05) is 6.08 Å². The number of nitrogens with one attached hydrogen (secondary N) is 2. The average Bonchev–Trinajstić information content (AvgIpc) is 2.58. The number of hydrogen-bond acceptors (Lipinski definition) is 2. The predicted molar refractivity (Wildman–Crippen MR) is 51.3 cm³/mol. The Balaban J connectivity index is 0.000000720. The number of aromatic amines is 1. The minimum atomic E-state index is 0. The van der Waals surface area contributed by atoms with Gasteiger partial charge < -0.3 is 10.3 Å². The lowest BCUT2D eigenvalue weighted by molar-refractivity contribution is 0.737. The van der Waals surface area contributed by atoms with Crippen LogP contribution in [0.2, 0.25) is 0 Å². The molecule has 66 valence electrons. The van der Waals surface area contributed by atoms with Crippen molar-refractivity contribution in [1.82, 2.24) is 15.3 Å². The average molecular weight is 186 g/mol. The first-order valence-electron chi connectivity index (χ1n) is 3.85. The van der Waals surface area contributed by atoms with E-state index in [9.17, 15) is 0 Å². The van der Waals surface area contributed by atoms with Gasteiger partial charge >= 0.3 is 0 Å². The van der Waals surface area contributed by atoms with Crippen molar-refractivity contribution < 1.29 is 0 Å². The van der Waals surface area contributed by atoms with Gasteiger partial charge in [-0.05, 0) is 18.5 Å². The Hall–Kier alpha value is -0.800. The lowest BCUT2D eigenvalue weighted by atomic mass is 10.1. The Kier molecular flexibility index (Phi) is 3.31. The van der Waals surface area contributed by atoms with E-state index < -0.39 is 0 Å². The van der Waals surface area contributed by atoms with Crippen LogP contribution in [0.15, 0.2) is 18.6 Å². The smallest absolute Gasteiger partial charge is 0.0924 e. The van der Waals surface area contributed by atoms with Crippen LogP contribution in [-0.2, 0) is 0 Å². The normalized spacial score (nSPS) is 16.5. The molecule has 0 aromatic carbocycles. The Morgan fingerprint density at radius 3 is 2.92 bits per heavy atom. The molecule has 1 aliphatic heterocycles. The molecule has 2 heterocycles. The highest BCUT2D eigenvalue weighted by Gasteiger charge is 2.05. The van der Waals surface area contributed by atoms with E-state index in [1.54, 1.807) is 6.33 Å². The zero-order chi connectivity index (χ0) is 7.52. The van der Waals surface area contributed by atoms with Crippen LogP contribution in [0.3, 0.4) is 0 Å². The van der Waals surface area contributed by atoms with Crippen molar-refractivity contribution >= 4 is 18.0 Å². The van der Waals surface area contributed by atoms with Crippen LogP contribution in [-0.4, -0.2) is 23.1 Å². The molecule has 4 heteroatoms. The van der Waals surface area contributed by atoms with E-state index >= 15 is 0 Å². The molecule has 1 aliphatic rings. The van der Waals surface area contributed by atoms with Gasteiger partial charge in [-0.25, -0.2) is 4.98 Å². The summed E-state index contributed by atoms with van der Waals surface area (Å²) in [5, 5.41) is 3.27. The van der Waals surface area contributed by atoms with Gasteiger partial charge in [0.2, 0.25) is 0 Å². The molecule has 2 rings (SSSR count). The standard InChI is InChI=1S/C8H11N3.ClH/c1-3-9-4-2-7(1)8-5-10-6-11-8;/h1,5-6,9H,2-4H2,(H,10,11);1H. The van der Waals surface area contributed by atoms with Crippen molar-refractivity contribution in [2.75, 3.05) is 13.1 Å². The van der Waals surface area contributed by atoms with E-state index in [1.165, 1.54) is 5.57 Å². The highest BCUT2D eigenvalue weighted by molar-refractivity contribution is 5.85. The molecule has 1 aromatic heterocycles. The summed E-state index contributed by atoms with van der Waals surface area (Å²) in [4.78, 5) is 7.08. The number of imidazole rings is 1. The van der Waals surface area contributed by atoms with Crippen molar-refractivity contribution in [2.24, 2.45) is 0 Å². The van der Waals surface area contributed by atoms with E-state index in [0.717, 1.165) is 25.2 Å². The third-order valence-corrected chi connectivity index (χ3v) is 1.91. The molecule has 2 N–H and O–H groups in total. The summed E-state index contributed by atoms with van der Waals surface area (Å²) in [5.74, 6) is 0. The topological polar surface area (TPSA) is 40.7 Å². The molecule has 0 aliphatic carbocycles. The van der Waals surface area contributed by atoms with Gasteiger partial charge in [0.25, 0.3) is 0 Å². The summed E-state index contributed by atoms with van der Waals surface area (Å²) >= 11 is 0. The Morgan fingerprint density at radius 2 is 2.33 bits per heavy atom. The second kappa shape index (κ2) is 4.28. The van der Waals surface area contributed by atoms with E-state index in [2.05, 4.69) is 21.4 Å². The van der Waals surface area contributed by atoms with E-state index in [-0.39, 0.29) is 12.4 Å². The molecule has 0 unspecified atom stereocenters. The van der Waals surface area contributed by atoms with Crippen LogP contribution in [0.1, 0.15) is 12.1 Å². The molecule has 0 bridgehead atoms. The quantitative estimate of drug-likeness (QED) is 0.691. The van der Waals surface area contributed by atoms with Crippen molar-refractivity contribution in [3.8, 4) is 0 Å². The fraction of sp³-hybridized carbons (Fsp3) is 0.375. The number of rotatable bonds is 1. The highest BCUT2D eigenvalue weighted by atomic mass is 35.5. The second-order valence-corrected chi connectivity index (χ2v) is 2.65. The molecule has 0 radical (unpaired) electrons. The van der Waals surface area contributed by atoms with Crippen LogP contribution in [0.4, 0.5) is 0 Å². The maximum Gasteiger partial charge on any atom is 0.0924 e. The summed E-state index contributed by atoms with van der Waals surface area (Å²) < 4.78 is 0. The maximum atomic E-state index is 3.98. The fourth-order valence-corrected chi connectivity index (χ4v) is 1.30. The van der Waals surface area contributed by atoms with Crippen LogP contribution in [0, 0.1) is 0 Å². The lowest BCUT2D eigenvalue weighted by Crippen LogP contribution is -2.20. The number of halogens is 1. The zero-order valence-corrected chi connectivity index (χ0v) is 7.53. The third kappa shape index (κ3) is 1.87. The minimum Gasteiger partial charge on any atom is -0.345 e. The Bertz CT molecular complexity index is 253. The van der Waals surface area contributed by atoms with E-state index in [1.807, 2.05) is 6.20 Å². The zero-order valence-electron chi connectivity index (χ0n) is 6.71. The third-order valence-electron chi connectivity index (χ3n) is 1.91. The number of hydrogen-bond donors (Lipinski definition) is 2. The van der Waals surface area contributed by atoms with Gasteiger partial charge in [-0.3, -0.25) is 0 Å². The van der Waals surface area contributed by atoms with Gasteiger partial charge in [0.05, 0.1) is 18.2 Å².